The minimum Gasteiger partial charge on any atom is -0.384 e. The van der Waals surface area contributed by atoms with E-state index in [1.165, 1.54) is 12.3 Å². The van der Waals surface area contributed by atoms with Crippen LogP contribution in [0.3, 0.4) is 0 Å². The van der Waals surface area contributed by atoms with E-state index in [1.54, 1.807) is 11.0 Å². The van der Waals surface area contributed by atoms with E-state index in [0.29, 0.717) is 18.5 Å². The molecule has 1 aromatic rings. The normalized spacial score (nSPS) is 21.2. The van der Waals surface area contributed by atoms with Crippen molar-refractivity contribution in [2.75, 3.05) is 23.8 Å². The molecule has 2 heterocycles. The molecule has 1 amide bonds. The molecule has 1 atom stereocenters. The lowest BCUT2D eigenvalue weighted by atomic mass is 10.1. The SMILES string of the molecule is CCN(C(=O)c1ccnc(N)c1)C1CCS(=O)(=O)C1. The fraction of sp³-hybridized carbons (Fsp3) is 0.500. The minimum atomic E-state index is -3.01. The maximum atomic E-state index is 12.4. The highest BCUT2D eigenvalue weighted by atomic mass is 32.2. The van der Waals surface area contributed by atoms with Gasteiger partial charge in [-0.1, -0.05) is 0 Å². The molecule has 1 unspecified atom stereocenters. The molecular weight excluding hydrogens is 266 g/mol. The summed E-state index contributed by atoms with van der Waals surface area (Å²) in [6.07, 6.45) is 1.98. The molecule has 19 heavy (non-hydrogen) atoms. The summed E-state index contributed by atoms with van der Waals surface area (Å²) < 4.78 is 23.0. The van der Waals surface area contributed by atoms with Crippen LogP contribution in [0.2, 0.25) is 0 Å². The second kappa shape index (κ2) is 5.16. The van der Waals surface area contributed by atoms with Gasteiger partial charge in [-0.2, -0.15) is 0 Å². The van der Waals surface area contributed by atoms with Crippen LogP contribution in [-0.4, -0.2) is 48.3 Å². The van der Waals surface area contributed by atoms with Crippen molar-refractivity contribution in [3.63, 3.8) is 0 Å². The van der Waals surface area contributed by atoms with E-state index in [2.05, 4.69) is 4.98 Å². The first-order chi connectivity index (χ1) is 8.93. The van der Waals surface area contributed by atoms with Gasteiger partial charge in [0.15, 0.2) is 9.84 Å². The molecule has 1 aromatic heterocycles. The number of nitrogens with zero attached hydrogens (tertiary/aromatic N) is 2. The number of pyridine rings is 1. The zero-order valence-corrected chi connectivity index (χ0v) is 11.6. The molecule has 2 N–H and O–H groups in total. The zero-order valence-electron chi connectivity index (χ0n) is 10.7. The molecule has 6 nitrogen and oxygen atoms in total. The summed E-state index contributed by atoms with van der Waals surface area (Å²) in [5, 5.41) is 0. The second-order valence-corrected chi connectivity index (χ2v) is 6.85. The number of nitrogens with two attached hydrogens (primary N) is 1. The number of rotatable bonds is 3. The van der Waals surface area contributed by atoms with Crippen molar-refractivity contribution in [2.24, 2.45) is 0 Å². The van der Waals surface area contributed by atoms with Crippen LogP contribution < -0.4 is 5.73 Å². The van der Waals surface area contributed by atoms with Crippen molar-refractivity contribution in [3.05, 3.63) is 23.9 Å². The summed E-state index contributed by atoms with van der Waals surface area (Å²) in [6, 6.07) is 2.86. The van der Waals surface area contributed by atoms with Gasteiger partial charge in [0.2, 0.25) is 0 Å². The van der Waals surface area contributed by atoms with E-state index >= 15 is 0 Å². The van der Waals surface area contributed by atoms with Crippen molar-refractivity contribution in [1.82, 2.24) is 9.88 Å². The summed E-state index contributed by atoms with van der Waals surface area (Å²) in [6.45, 7) is 2.31. The van der Waals surface area contributed by atoms with Crippen LogP contribution in [0.15, 0.2) is 18.3 Å². The van der Waals surface area contributed by atoms with E-state index in [4.69, 9.17) is 5.73 Å². The van der Waals surface area contributed by atoms with Crippen LogP contribution in [0.4, 0.5) is 5.82 Å². The maximum Gasteiger partial charge on any atom is 0.254 e. The molecule has 1 saturated heterocycles. The Bertz CT molecular complexity index is 586. The smallest absolute Gasteiger partial charge is 0.254 e. The summed E-state index contributed by atoms with van der Waals surface area (Å²) in [4.78, 5) is 17.8. The Kier molecular flexibility index (Phi) is 3.75. The topological polar surface area (TPSA) is 93.4 Å². The second-order valence-electron chi connectivity index (χ2n) is 4.62. The van der Waals surface area contributed by atoms with Crippen LogP contribution in [0.25, 0.3) is 0 Å². The number of hydrogen-bond donors (Lipinski definition) is 1. The Labute approximate surface area is 112 Å². The maximum absolute atomic E-state index is 12.4. The Morgan fingerprint density at radius 2 is 2.32 bits per heavy atom. The number of carbonyl (C=O) groups excluding carboxylic acids is 1. The van der Waals surface area contributed by atoms with Crippen molar-refractivity contribution in [3.8, 4) is 0 Å². The summed E-state index contributed by atoms with van der Waals surface area (Å²) in [5.74, 6) is 0.284. The third-order valence-corrected chi connectivity index (χ3v) is 5.03. The van der Waals surface area contributed by atoms with Gasteiger partial charge < -0.3 is 10.6 Å². The number of anilines is 1. The molecule has 1 aliphatic heterocycles. The predicted octanol–water partition coefficient (Wildman–Crippen LogP) is 0.313. The third kappa shape index (κ3) is 3.04. The first-order valence-corrected chi connectivity index (χ1v) is 7.98. The highest BCUT2D eigenvalue weighted by Gasteiger charge is 2.34. The molecule has 0 aromatic carbocycles. The molecule has 0 aliphatic carbocycles. The van der Waals surface area contributed by atoms with E-state index in [9.17, 15) is 13.2 Å². The Hall–Kier alpha value is -1.63. The standard InChI is InChI=1S/C12H17N3O3S/c1-2-15(10-4-6-19(17,18)8-10)12(16)9-3-5-14-11(13)7-9/h3,5,7,10H,2,4,6,8H2,1H3,(H2,13,14). The Morgan fingerprint density at radius 3 is 2.84 bits per heavy atom. The summed E-state index contributed by atoms with van der Waals surface area (Å²) in [7, 11) is -3.01. The monoisotopic (exact) mass is 283 g/mol. The first kappa shape index (κ1) is 13.8. The lowest BCUT2D eigenvalue weighted by Gasteiger charge is -2.26. The average Bonchev–Trinajstić information content (AvgIpc) is 2.70. The molecule has 0 spiro atoms. The molecule has 2 rings (SSSR count). The van der Waals surface area contributed by atoms with Crippen LogP contribution in [0.1, 0.15) is 23.7 Å². The third-order valence-electron chi connectivity index (χ3n) is 3.28. The van der Waals surface area contributed by atoms with Crippen LogP contribution in [0.5, 0.6) is 0 Å². The van der Waals surface area contributed by atoms with E-state index < -0.39 is 9.84 Å². The minimum absolute atomic E-state index is 0.0488. The highest BCUT2D eigenvalue weighted by molar-refractivity contribution is 7.91. The van der Waals surface area contributed by atoms with Gasteiger partial charge in [-0.05, 0) is 25.5 Å². The van der Waals surface area contributed by atoms with Crippen molar-refractivity contribution >= 4 is 21.6 Å². The number of amides is 1. The number of aromatic nitrogens is 1. The Balaban J connectivity index is 2.21. The molecule has 0 saturated carbocycles. The van der Waals surface area contributed by atoms with E-state index in [0.717, 1.165) is 0 Å². The van der Waals surface area contributed by atoms with Crippen molar-refractivity contribution < 1.29 is 13.2 Å². The predicted molar refractivity (Wildman–Crippen MR) is 72.4 cm³/mol. The van der Waals surface area contributed by atoms with Crippen LogP contribution in [0, 0.1) is 0 Å². The Morgan fingerprint density at radius 1 is 1.58 bits per heavy atom. The fourth-order valence-electron chi connectivity index (χ4n) is 2.34. The van der Waals surface area contributed by atoms with Gasteiger partial charge in [0, 0.05) is 24.3 Å². The van der Waals surface area contributed by atoms with Gasteiger partial charge in [0.05, 0.1) is 11.5 Å². The number of carbonyl (C=O) groups is 1. The molecular formula is C12H17N3O3S. The molecule has 0 bridgehead atoms. The largest absolute Gasteiger partial charge is 0.384 e. The van der Waals surface area contributed by atoms with Gasteiger partial charge in [-0.25, -0.2) is 13.4 Å². The lowest BCUT2D eigenvalue weighted by Crippen LogP contribution is -2.41. The van der Waals surface area contributed by atoms with Crippen LogP contribution >= 0.6 is 0 Å². The van der Waals surface area contributed by atoms with Gasteiger partial charge in [-0.3, -0.25) is 4.79 Å². The van der Waals surface area contributed by atoms with Crippen LogP contribution in [-0.2, 0) is 9.84 Å². The molecule has 1 aliphatic rings. The molecule has 7 heteroatoms. The summed E-state index contributed by atoms with van der Waals surface area (Å²) in [5.41, 5.74) is 6.00. The average molecular weight is 283 g/mol. The number of nitrogen functional groups attached to an aromatic ring is 1. The zero-order chi connectivity index (χ0) is 14.0. The molecule has 104 valence electrons. The molecule has 1 fully saturated rings. The fourth-order valence-corrected chi connectivity index (χ4v) is 4.07. The number of hydrogen-bond acceptors (Lipinski definition) is 5. The molecule has 0 radical (unpaired) electrons. The van der Waals surface area contributed by atoms with E-state index in [1.807, 2.05) is 6.92 Å². The van der Waals surface area contributed by atoms with Gasteiger partial charge in [0.1, 0.15) is 5.82 Å². The van der Waals surface area contributed by atoms with Crippen molar-refractivity contribution in [1.29, 1.82) is 0 Å². The first-order valence-electron chi connectivity index (χ1n) is 6.16. The van der Waals surface area contributed by atoms with E-state index in [-0.39, 0.29) is 29.3 Å². The lowest BCUT2D eigenvalue weighted by molar-refractivity contribution is 0.0708. The van der Waals surface area contributed by atoms with Gasteiger partial charge in [-0.15, -0.1) is 0 Å². The van der Waals surface area contributed by atoms with Gasteiger partial charge >= 0.3 is 0 Å². The van der Waals surface area contributed by atoms with Gasteiger partial charge in [0.25, 0.3) is 5.91 Å². The summed E-state index contributed by atoms with van der Waals surface area (Å²) >= 11 is 0. The highest BCUT2D eigenvalue weighted by Crippen LogP contribution is 2.20. The van der Waals surface area contributed by atoms with Crippen molar-refractivity contribution in [2.45, 2.75) is 19.4 Å². The quantitative estimate of drug-likeness (QED) is 0.862. The number of sulfone groups is 1.